The standard InChI is InChI=1S/C38H44N8O4.H2S/c1-24-19-43(28-21-50-22-28)10-11-44(24)27-6-7-34(40-18-27)41-31-14-26(20-42(4)36(31)47)29-8-9-39-35(30(29)23-49-5)46-13-12-45-32(37(46)48)15-25-16-38(2,3)17-33(25)45;/h6-9,12-15,18,20,24,28H,10-11,16-17,19,21-23H2,1-5H3,(H,40,41);1H2/t24-;/m0./s1. The SMILES string of the molecule is COCc1c(-c2cc(Nc3ccc(N4CCN(C5COC5)C[C@@H]4C)cn3)c(=O)n(C)c2)ccnc1-n1ccn2c3c(cc2c1=O)CC(C)(C)C3.S. The second kappa shape index (κ2) is 13.6. The van der Waals surface area contributed by atoms with Crippen molar-refractivity contribution in [2.45, 2.75) is 52.3 Å². The summed E-state index contributed by atoms with van der Waals surface area (Å²) in [6.07, 6.45) is 11.0. The molecule has 0 unspecified atom stereocenters. The van der Waals surface area contributed by atoms with Gasteiger partial charge in [-0.3, -0.25) is 19.1 Å². The van der Waals surface area contributed by atoms with E-state index in [1.54, 1.807) is 41.9 Å². The number of nitrogens with zero attached hydrogens (tertiary/aromatic N) is 7. The van der Waals surface area contributed by atoms with Gasteiger partial charge in [0.1, 0.15) is 22.8 Å². The van der Waals surface area contributed by atoms with Gasteiger partial charge in [-0.1, -0.05) is 13.8 Å². The van der Waals surface area contributed by atoms with E-state index >= 15 is 0 Å². The van der Waals surface area contributed by atoms with Gasteiger partial charge in [0.05, 0.1) is 37.7 Å². The van der Waals surface area contributed by atoms with Gasteiger partial charge >= 0.3 is 0 Å². The molecule has 2 aliphatic heterocycles. The van der Waals surface area contributed by atoms with Crippen LogP contribution >= 0.6 is 13.5 Å². The topological polar surface area (TPSA) is 111 Å². The molecule has 0 amide bonds. The Labute approximate surface area is 304 Å². The van der Waals surface area contributed by atoms with Crippen LogP contribution < -0.4 is 21.3 Å². The molecule has 13 heteroatoms. The minimum Gasteiger partial charge on any atom is -0.380 e. The van der Waals surface area contributed by atoms with E-state index in [4.69, 9.17) is 14.5 Å². The second-order valence-electron chi connectivity index (χ2n) is 14.8. The first-order valence-corrected chi connectivity index (χ1v) is 17.3. The van der Waals surface area contributed by atoms with E-state index in [2.05, 4.69) is 46.9 Å². The van der Waals surface area contributed by atoms with Gasteiger partial charge in [0.15, 0.2) is 0 Å². The lowest BCUT2D eigenvalue weighted by atomic mass is 9.90. The summed E-state index contributed by atoms with van der Waals surface area (Å²) in [5, 5.41) is 3.26. The van der Waals surface area contributed by atoms with Gasteiger partial charge in [0.2, 0.25) is 0 Å². The molecule has 51 heavy (non-hydrogen) atoms. The number of aromatic nitrogens is 5. The average Bonchev–Trinajstić information content (AvgIpc) is 3.55. The minimum atomic E-state index is -0.182. The zero-order valence-electron chi connectivity index (χ0n) is 29.8. The van der Waals surface area contributed by atoms with Crippen LogP contribution in [0.3, 0.4) is 0 Å². The number of fused-ring (bicyclic) bond motifs is 3. The Morgan fingerprint density at radius 1 is 1.04 bits per heavy atom. The Kier molecular flexibility index (Phi) is 9.34. The molecule has 0 aromatic carbocycles. The molecule has 8 rings (SSSR count). The molecule has 1 N–H and O–H groups in total. The van der Waals surface area contributed by atoms with Crippen molar-refractivity contribution in [3.63, 3.8) is 0 Å². The fourth-order valence-electron chi connectivity index (χ4n) is 7.93. The lowest BCUT2D eigenvalue weighted by Crippen LogP contribution is -2.59. The molecule has 5 aromatic heterocycles. The molecular formula is C38H46N8O4S. The monoisotopic (exact) mass is 710 g/mol. The van der Waals surface area contributed by atoms with E-state index in [1.165, 1.54) is 11.3 Å². The highest BCUT2D eigenvalue weighted by Gasteiger charge is 2.33. The number of nitrogens with one attached hydrogen (secondary N) is 1. The fourth-order valence-corrected chi connectivity index (χ4v) is 7.93. The maximum absolute atomic E-state index is 13.9. The van der Waals surface area contributed by atoms with Crippen molar-refractivity contribution >= 4 is 36.2 Å². The van der Waals surface area contributed by atoms with Crippen molar-refractivity contribution < 1.29 is 9.47 Å². The fraction of sp³-hybridized carbons (Fsp3) is 0.421. The van der Waals surface area contributed by atoms with E-state index in [-0.39, 0.29) is 36.6 Å². The molecule has 0 bridgehead atoms. The van der Waals surface area contributed by atoms with E-state index < -0.39 is 0 Å². The first-order valence-electron chi connectivity index (χ1n) is 17.3. The molecule has 0 radical (unpaired) electrons. The number of methoxy groups -OCH3 is 1. The first kappa shape index (κ1) is 35.0. The molecule has 2 saturated heterocycles. The number of rotatable bonds is 8. The number of anilines is 3. The van der Waals surface area contributed by atoms with Crippen molar-refractivity contribution in [3.05, 3.63) is 98.8 Å². The van der Waals surface area contributed by atoms with Gasteiger partial charge in [-0.05, 0) is 66.6 Å². The maximum atomic E-state index is 13.9. The predicted molar refractivity (Wildman–Crippen MR) is 204 cm³/mol. The first-order chi connectivity index (χ1) is 24.1. The van der Waals surface area contributed by atoms with Crippen molar-refractivity contribution in [3.8, 4) is 16.9 Å². The molecular weight excluding hydrogens is 665 g/mol. The third kappa shape index (κ3) is 6.37. The molecule has 1 aliphatic carbocycles. The number of pyridine rings is 3. The Hall–Kier alpha value is -4.43. The molecule has 0 spiro atoms. The highest BCUT2D eigenvalue weighted by atomic mass is 32.1. The van der Waals surface area contributed by atoms with Crippen LogP contribution in [0.25, 0.3) is 22.5 Å². The quantitative estimate of drug-likeness (QED) is 0.252. The number of aryl methyl sites for hydroxylation is 1. The summed E-state index contributed by atoms with van der Waals surface area (Å²) in [6.45, 7) is 11.6. The van der Waals surface area contributed by atoms with Crippen LogP contribution in [0.2, 0.25) is 0 Å². The van der Waals surface area contributed by atoms with Gasteiger partial charge in [-0.2, -0.15) is 13.5 Å². The highest BCUT2D eigenvalue weighted by Crippen LogP contribution is 2.37. The van der Waals surface area contributed by atoms with E-state index in [9.17, 15) is 9.59 Å². The molecule has 2 fully saturated rings. The Morgan fingerprint density at radius 3 is 2.57 bits per heavy atom. The zero-order chi connectivity index (χ0) is 34.7. The Balaban J connectivity index is 0.00000406. The molecule has 12 nitrogen and oxygen atoms in total. The molecule has 268 valence electrons. The van der Waals surface area contributed by atoms with Gasteiger partial charge in [-0.15, -0.1) is 0 Å². The van der Waals surface area contributed by atoms with Crippen molar-refractivity contribution in [1.29, 1.82) is 0 Å². The molecule has 1 atom stereocenters. The predicted octanol–water partition coefficient (Wildman–Crippen LogP) is 4.28. The van der Waals surface area contributed by atoms with Gasteiger partial charge in [0.25, 0.3) is 11.1 Å². The largest absolute Gasteiger partial charge is 0.380 e. The maximum Gasteiger partial charge on any atom is 0.280 e. The summed E-state index contributed by atoms with van der Waals surface area (Å²) in [4.78, 5) is 41.6. The van der Waals surface area contributed by atoms with E-state index in [0.29, 0.717) is 34.9 Å². The van der Waals surface area contributed by atoms with Crippen LogP contribution in [0.5, 0.6) is 0 Å². The minimum absolute atomic E-state index is 0. The van der Waals surface area contributed by atoms with Crippen LogP contribution in [0.1, 0.15) is 37.6 Å². The smallest absolute Gasteiger partial charge is 0.280 e. The van der Waals surface area contributed by atoms with Crippen molar-refractivity contribution in [1.82, 2.24) is 28.4 Å². The number of piperazine rings is 1. The van der Waals surface area contributed by atoms with Gasteiger partial charge < -0.3 is 28.7 Å². The second-order valence-corrected chi connectivity index (χ2v) is 14.8. The summed E-state index contributed by atoms with van der Waals surface area (Å²) >= 11 is 0. The Morgan fingerprint density at radius 2 is 1.86 bits per heavy atom. The summed E-state index contributed by atoms with van der Waals surface area (Å²) < 4.78 is 16.2. The third-order valence-electron chi connectivity index (χ3n) is 10.5. The summed E-state index contributed by atoms with van der Waals surface area (Å²) in [5.74, 6) is 1.08. The number of ether oxygens (including phenoxy) is 2. The summed E-state index contributed by atoms with van der Waals surface area (Å²) in [6, 6.07) is 10.6. The third-order valence-corrected chi connectivity index (χ3v) is 10.5. The normalized spacial score (nSPS) is 18.8. The van der Waals surface area contributed by atoms with Crippen molar-refractivity contribution in [2.75, 3.05) is 50.2 Å². The van der Waals surface area contributed by atoms with Crippen LogP contribution in [-0.2, 0) is 36.0 Å². The van der Waals surface area contributed by atoms with Crippen LogP contribution in [0, 0.1) is 5.41 Å². The van der Waals surface area contributed by atoms with Crippen LogP contribution in [0.15, 0.2) is 70.9 Å². The summed E-state index contributed by atoms with van der Waals surface area (Å²) in [7, 11) is 3.35. The van der Waals surface area contributed by atoms with E-state index in [0.717, 1.165) is 68.1 Å². The van der Waals surface area contributed by atoms with Crippen molar-refractivity contribution in [2.24, 2.45) is 12.5 Å². The lowest BCUT2D eigenvalue weighted by Gasteiger charge is -2.46. The molecule has 3 aliphatic rings. The lowest BCUT2D eigenvalue weighted by molar-refractivity contribution is -0.0691. The van der Waals surface area contributed by atoms with E-state index in [1.807, 2.05) is 41.1 Å². The number of hydrogen-bond donors (Lipinski definition) is 1. The zero-order valence-corrected chi connectivity index (χ0v) is 30.8. The average molecular weight is 711 g/mol. The summed E-state index contributed by atoms with van der Waals surface area (Å²) in [5.41, 5.74) is 6.72. The number of hydrogen-bond acceptors (Lipinski definition) is 9. The molecule has 5 aromatic rings. The molecule has 0 saturated carbocycles. The van der Waals surface area contributed by atoms with Crippen LogP contribution in [0.4, 0.5) is 17.2 Å². The van der Waals surface area contributed by atoms with Crippen LogP contribution in [-0.4, -0.2) is 80.4 Å². The highest BCUT2D eigenvalue weighted by molar-refractivity contribution is 7.59. The van der Waals surface area contributed by atoms with Gasteiger partial charge in [0, 0.05) is 81.4 Å². The van der Waals surface area contributed by atoms with Gasteiger partial charge in [-0.25, -0.2) is 9.97 Å². The molecule has 7 heterocycles. The Bertz CT molecular complexity index is 2200.